The number of rotatable bonds is 15. The van der Waals surface area contributed by atoms with Crippen LogP contribution in [0.3, 0.4) is 0 Å². The summed E-state index contributed by atoms with van der Waals surface area (Å²) in [7, 11) is -4.64. The van der Waals surface area contributed by atoms with Crippen LogP contribution in [0.2, 0.25) is 0 Å². The Bertz CT molecular complexity index is 365. The van der Waals surface area contributed by atoms with E-state index in [0.717, 1.165) is 19.3 Å². The molecule has 0 atom stereocenters. The van der Waals surface area contributed by atoms with E-state index >= 15 is 0 Å². The van der Waals surface area contributed by atoms with E-state index in [4.69, 9.17) is 4.55 Å². The molecule has 0 radical (unpaired) electrons. The second-order valence-corrected chi connectivity index (χ2v) is 6.90. The third kappa shape index (κ3) is 17.4. The molecule has 0 amide bonds. The van der Waals surface area contributed by atoms with Crippen LogP contribution in [-0.4, -0.2) is 18.9 Å². The first-order valence-corrected chi connectivity index (χ1v) is 10.0. The van der Waals surface area contributed by atoms with Crippen LogP contribution in [0.25, 0.3) is 0 Å². The third-order valence-electron chi connectivity index (χ3n) is 3.68. The van der Waals surface area contributed by atoms with Crippen LogP contribution in [0.4, 0.5) is 0 Å². The van der Waals surface area contributed by atoms with Gasteiger partial charge in [0.1, 0.15) is 0 Å². The SMILES string of the molecule is CCCCCCCCCCCCCCCC(=O)OS(=O)(=O)O. The topological polar surface area (TPSA) is 80.7 Å². The van der Waals surface area contributed by atoms with E-state index in [1.54, 1.807) is 0 Å². The number of carbonyl (C=O) groups is 1. The molecule has 0 aromatic carbocycles. The van der Waals surface area contributed by atoms with Crippen LogP contribution < -0.4 is 0 Å². The van der Waals surface area contributed by atoms with Crippen LogP contribution in [0.1, 0.15) is 96.8 Å². The lowest BCUT2D eigenvalue weighted by atomic mass is 10.0. The average molecular weight is 336 g/mol. The van der Waals surface area contributed by atoms with Crippen LogP contribution >= 0.6 is 0 Å². The van der Waals surface area contributed by atoms with Gasteiger partial charge in [0.2, 0.25) is 0 Å². The van der Waals surface area contributed by atoms with Crippen molar-refractivity contribution < 1.29 is 21.9 Å². The lowest BCUT2D eigenvalue weighted by molar-refractivity contribution is -0.134. The fourth-order valence-electron chi connectivity index (χ4n) is 2.45. The quantitative estimate of drug-likeness (QED) is 0.343. The van der Waals surface area contributed by atoms with E-state index in [-0.39, 0.29) is 6.42 Å². The van der Waals surface area contributed by atoms with Crippen molar-refractivity contribution in [1.29, 1.82) is 0 Å². The first-order chi connectivity index (χ1) is 10.5. The minimum Gasteiger partial charge on any atom is -0.325 e. The normalized spacial score (nSPS) is 11.5. The van der Waals surface area contributed by atoms with Crippen molar-refractivity contribution in [3.05, 3.63) is 0 Å². The molecule has 0 saturated carbocycles. The summed E-state index contributed by atoms with van der Waals surface area (Å²) in [5, 5.41) is 0. The van der Waals surface area contributed by atoms with E-state index in [0.29, 0.717) is 6.42 Å². The van der Waals surface area contributed by atoms with Crippen LogP contribution in [0.5, 0.6) is 0 Å². The zero-order chi connectivity index (χ0) is 16.7. The van der Waals surface area contributed by atoms with E-state index < -0.39 is 16.4 Å². The Kier molecular flexibility index (Phi) is 13.6. The summed E-state index contributed by atoms with van der Waals surface area (Å²) in [4.78, 5) is 11.0. The van der Waals surface area contributed by atoms with Crippen molar-refractivity contribution in [3.63, 3.8) is 0 Å². The molecule has 22 heavy (non-hydrogen) atoms. The molecule has 0 aliphatic heterocycles. The van der Waals surface area contributed by atoms with Crippen molar-refractivity contribution in [2.24, 2.45) is 0 Å². The largest absolute Gasteiger partial charge is 0.448 e. The third-order valence-corrected chi connectivity index (χ3v) is 4.08. The molecule has 6 heteroatoms. The summed E-state index contributed by atoms with van der Waals surface area (Å²) in [6.07, 6.45) is 15.6. The lowest BCUT2D eigenvalue weighted by Crippen LogP contribution is -2.11. The number of carbonyl (C=O) groups excluding carboxylic acids is 1. The van der Waals surface area contributed by atoms with Crippen molar-refractivity contribution in [1.82, 2.24) is 0 Å². The van der Waals surface area contributed by atoms with Gasteiger partial charge in [0, 0.05) is 6.42 Å². The summed E-state index contributed by atoms with van der Waals surface area (Å²) >= 11 is 0. The number of hydrogen-bond acceptors (Lipinski definition) is 4. The van der Waals surface area contributed by atoms with E-state index in [9.17, 15) is 13.2 Å². The minimum atomic E-state index is -4.64. The highest BCUT2D eigenvalue weighted by molar-refractivity contribution is 7.81. The zero-order valence-electron chi connectivity index (χ0n) is 13.9. The average Bonchev–Trinajstić information content (AvgIpc) is 2.42. The Morgan fingerprint density at radius 2 is 1.14 bits per heavy atom. The van der Waals surface area contributed by atoms with Gasteiger partial charge in [0.15, 0.2) is 0 Å². The molecule has 132 valence electrons. The Morgan fingerprint density at radius 1 is 0.773 bits per heavy atom. The van der Waals surface area contributed by atoms with E-state index in [1.807, 2.05) is 0 Å². The molecule has 0 spiro atoms. The van der Waals surface area contributed by atoms with E-state index in [1.165, 1.54) is 57.8 Å². The Labute approximate surface area is 135 Å². The maximum atomic E-state index is 11.0. The predicted molar refractivity (Wildman–Crippen MR) is 88.0 cm³/mol. The molecule has 0 unspecified atom stereocenters. The summed E-state index contributed by atoms with van der Waals surface area (Å²) in [6, 6.07) is 0. The molecule has 5 nitrogen and oxygen atoms in total. The first-order valence-electron chi connectivity index (χ1n) is 8.65. The van der Waals surface area contributed by atoms with Gasteiger partial charge in [-0.15, -0.1) is 0 Å². The van der Waals surface area contributed by atoms with Crippen LogP contribution in [-0.2, 0) is 19.4 Å². The van der Waals surface area contributed by atoms with Gasteiger partial charge in [0.05, 0.1) is 0 Å². The van der Waals surface area contributed by atoms with Gasteiger partial charge >= 0.3 is 16.4 Å². The monoisotopic (exact) mass is 336 g/mol. The van der Waals surface area contributed by atoms with Crippen molar-refractivity contribution in [2.75, 3.05) is 0 Å². The molecular formula is C16H32O5S. The first kappa shape index (κ1) is 21.4. The molecule has 0 heterocycles. The predicted octanol–water partition coefficient (Wildman–Crippen LogP) is 4.81. The van der Waals surface area contributed by atoms with Gasteiger partial charge < -0.3 is 4.18 Å². The van der Waals surface area contributed by atoms with E-state index in [2.05, 4.69) is 11.1 Å². The standard InChI is InChI=1S/C16H32O5S/c1-2-3-4-5-6-7-8-9-10-11-12-13-14-15-16(17)21-22(18,19)20/h2-15H2,1H3,(H,18,19,20). The van der Waals surface area contributed by atoms with Gasteiger partial charge in [0.25, 0.3) is 0 Å². The molecule has 0 aromatic rings. The Morgan fingerprint density at radius 3 is 1.50 bits per heavy atom. The Balaban J connectivity index is 3.19. The second-order valence-electron chi connectivity index (χ2n) is 5.88. The molecule has 1 N–H and O–H groups in total. The smallest absolute Gasteiger partial charge is 0.325 e. The highest BCUT2D eigenvalue weighted by Crippen LogP contribution is 2.13. The zero-order valence-corrected chi connectivity index (χ0v) is 14.7. The molecule has 0 rings (SSSR count). The number of unbranched alkanes of at least 4 members (excludes halogenated alkanes) is 12. The fourth-order valence-corrected chi connectivity index (χ4v) is 2.76. The highest BCUT2D eigenvalue weighted by atomic mass is 32.3. The van der Waals surface area contributed by atoms with Gasteiger partial charge in [-0.25, -0.2) is 0 Å². The molecule has 0 bridgehead atoms. The van der Waals surface area contributed by atoms with Crippen LogP contribution in [0, 0.1) is 0 Å². The molecule has 0 aliphatic rings. The second kappa shape index (κ2) is 14.0. The molecule has 0 saturated heterocycles. The van der Waals surface area contributed by atoms with Crippen molar-refractivity contribution in [2.45, 2.75) is 96.8 Å². The molecule has 0 aromatic heterocycles. The highest BCUT2D eigenvalue weighted by Gasteiger charge is 2.12. The fraction of sp³-hybridized carbons (Fsp3) is 0.938. The molecular weight excluding hydrogens is 304 g/mol. The Hall–Kier alpha value is -0.620. The molecule has 0 fully saturated rings. The minimum absolute atomic E-state index is 0.0392. The van der Waals surface area contributed by atoms with Crippen molar-refractivity contribution >= 4 is 16.4 Å². The molecule has 0 aliphatic carbocycles. The number of hydrogen-bond donors (Lipinski definition) is 1. The summed E-state index contributed by atoms with van der Waals surface area (Å²) in [5.74, 6) is -0.884. The maximum absolute atomic E-state index is 11.0. The maximum Gasteiger partial charge on any atom is 0.448 e. The van der Waals surface area contributed by atoms with Gasteiger partial charge in [-0.2, -0.15) is 8.42 Å². The van der Waals surface area contributed by atoms with Crippen molar-refractivity contribution in [3.8, 4) is 0 Å². The summed E-state index contributed by atoms with van der Waals surface area (Å²) in [6.45, 7) is 2.23. The van der Waals surface area contributed by atoms with Gasteiger partial charge in [-0.3, -0.25) is 9.35 Å². The van der Waals surface area contributed by atoms with Crippen LogP contribution in [0.15, 0.2) is 0 Å². The summed E-state index contributed by atoms with van der Waals surface area (Å²) in [5.41, 5.74) is 0. The van der Waals surface area contributed by atoms with Gasteiger partial charge in [-0.1, -0.05) is 84.0 Å². The lowest BCUT2D eigenvalue weighted by Gasteiger charge is -2.03. The summed E-state index contributed by atoms with van der Waals surface area (Å²) < 4.78 is 32.7. The van der Waals surface area contributed by atoms with Gasteiger partial charge in [-0.05, 0) is 6.42 Å².